The summed E-state index contributed by atoms with van der Waals surface area (Å²) in [6.07, 6.45) is 8.41. The van der Waals surface area contributed by atoms with Crippen LogP contribution in [0.25, 0.3) is 0 Å². The van der Waals surface area contributed by atoms with Gasteiger partial charge in [-0.3, -0.25) is 4.79 Å². The highest BCUT2D eigenvalue weighted by atomic mass is 16.3. The molecule has 0 unspecified atom stereocenters. The van der Waals surface area contributed by atoms with E-state index in [1.807, 2.05) is 4.90 Å². The average Bonchev–Trinajstić information content (AvgIpc) is 2.60. The second-order valence-corrected chi connectivity index (χ2v) is 6.20. The Kier molecular flexibility index (Phi) is 3.95. The van der Waals surface area contributed by atoms with Crippen LogP contribution in [0.1, 0.15) is 54.4 Å². The van der Waals surface area contributed by atoms with Crippen molar-refractivity contribution in [3.63, 3.8) is 0 Å². The van der Waals surface area contributed by atoms with Crippen molar-refractivity contribution < 1.29 is 9.90 Å². The normalized spacial score (nSPS) is 20.6. The molecule has 1 heterocycles. The van der Waals surface area contributed by atoms with Crippen molar-refractivity contribution in [2.75, 3.05) is 13.1 Å². The molecule has 1 aromatic rings. The van der Waals surface area contributed by atoms with Crippen LogP contribution >= 0.6 is 0 Å². The van der Waals surface area contributed by atoms with E-state index in [0.29, 0.717) is 5.92 Å². The van der Waals surface area contributed by atoms with E-state index in [4.69, 9.17) is 0 Å². The Morgan fingerprint density at radius 1 is 1.15 bits per heavy atom. The first kappa shape index (κ1) is 13.5. The van der Waals surface area contributed by atoms with Crippen molar-refractivity contribution >= 4 is 5.91 Å². The van der Waals surface area contributed by atoms with E-state index in [2.05, 4.69) is 0 Å². The number of hydrogen-bond acceptors (Lipinski definition) is 2. The van der Waals surface area contributed by atoms with Gasteiger partial charge in [-0.2, -0.15) is 0 Å². The van der Waals surface area contributed by atoms with Gasteiger partial charge in [-0.25, -0.2) is 0 Å². The van der Waals surface area contributed by atoms with Crippen LogP contribution in [0.15, 0.2) is 18.2 Å². The molecule has 1 aliphatic heterocycles. The monoisotopic (exact) mass is 273 g/mol. The molecule has 1 N–H and O–H groups in total. The highest BCUT2D eigenvalue weighted by Crippen LogP contribution is 2.27. The number of fused-ring (bicyclic) bond motifs is 1. The number of carbonyl (C=O) groups is 1. The van der Waals surface area contributed by atoms with E-state index in [1.54, 1.807) is 18.2 Å². The zero-order valence-corrected chi connectivity index (χ0v) is 12.0. The molecule has 20 heavy (non-hydrogen) atoms. The first-order valence-corrected chi connectivity index (χ1v) is 7.85. The third-order valence-electron chi connectivity index (χ3n) is 4.68. The Labute approximate surface area is 120 Å². The van der Waals surface area contributed by atoms with Crippen LogP contribution in [-0.2, 0) is 6.42 Å². The van der Waals surface area contributed by atoms with Crippen LogP contribution in [-0.4, -0.2) is 29.0 Å². The number of hydrogen-bond donors (Lipinski definition) is 1. The molecule has 1 aromatic carbocycles. The van der Waals surface area contributed by atoms with E-state index in [-0.39, 0.29) is 11.7 Å². The predicted molar refractivity (Wildman–Crippen MR) is 78.9 cm³/mol. The maximum Gasteiger partial charge on any atom is 0.254 e. The number of aryl methyl sites for hydroxylation is 1. The van der Waals surface area contributed by atoms with Crippen LogP contribution in [0.4, 0.5) is 0 Å². The second-order valence-electron chi connectivity index (χ2n) is 6.20. The smallest absolute Gasteiger partial charge is 0.254 e. The lowest BCUT2D eigenvalue weighted by Gasteiger charge is -2.29. The standard InChI is InChI=1S/C17H23NO2/c19-15-8-9-16-14(11-15)7-4-10-18(17(16)20)12-13-5-2-1-3-6-13/h8-9,11,13,19H,1-7,10,12H2. The summed E-state index contributed by atoms with van der Waals surface area (Å²) in [5, 5.41) is 9.57. The summed E-state index contributed by atoms with van der Waals surface area (Å²) in [7, 11) is 0. The first-order valence-electron chi connectivity index (χ1n) is 7.85. The largest absolute Gasteiger partial charge is 0.508 e. The highest BCUT2D eigenvalue weighted by Gasteiger charge is 2.25. The van der Waals surface area contributed by atoms with E-state index in [9.17, 15) is 9.90 Å². The topological polar surface area (TPSA) is 40.5 Å². The van der Waals surface area contributed by atoms with Gasteiger partial charge in [-0.1, -0.05) is 19.3 Å². The lowest BCUT2D eigenvalue weighted by molar-refractivity contribution is 0.0719. The summed E-state index contributed by atoms with van der Waals surface area (Å²) < 4.78 is 0. The SMILES string of the molecule is O=C1c2ccc(O)cc2CCCN1CC1CCCCC1. The minimum Gasteiger partial charge on any atom is -0.508 e. The van der Waals surface area contributed by atoms with Crippen molar-refractivity contribution in [3.8, 4) is 5.75 Å². The molecular weight excluding hydrogens is 250 g/mol. The van der Waals surface area contributed by atoms with Gasteiger partial charge in [0.05, 0.1) is 0 Å². The van der Waals surface area contributed by atoms with Crippen molar-refractivity contribution in [1.29, 1.82) is 0 Å². The number of rotatable bonds is 2. The fourth-order valence-corrected chi connectivity index (χ4v) is 3.58. The van der Waals surface area contributed by atoms with Gasteiger partial charge in [0.25, 0.3) is 5.91 Å². The predicted octanol–water partition coefficient (Wildman–Crippen LogP) is 3.36. The minimum atomic E-state index is 0.156. The quantitative estimate of drug-likeness (QED) is 0.897. The molecule has 3 heteroatoms. The van der Waals surface area contributed by atoms with Crippen LogP contribution in [0, 0.1) is 5.92 Å². The van der Waals surface area contributed by atoms with Gasteiger partial charge in [0.15, 0.2) is 0 Å². The van der Waals surface area contributed by atoms with Gasteiger partial charge in [-0.05, 0) is 55.4 Å². The molecule has 0 saturated heterocycles. The number of phenols is 1. The summed E-state index contributed by atoms with van der Waals surface area (Å²) in [4.78, 5) is 14.7. The van der Waals surface area contributed by atoms with E-state index in [1.165, 1.54) is 32.1 Å². The van der Waals surface area contributed by atoms with Gasteiger partial charge in [-0.15, -0.1) is 0 Å². The maximum absolute atomic E-state index is 12.7. The van der Waals surface area contributed by atoms with Crippen molar-refractivity contribution in [3.05, 3.63) is 29.3 Å². The number of carbonyl (C=O) groups excluding carboxylic acids is 1. The zero-order chi connectivity index (χ0) is 13.9. The summed E-state index contributed by atoms with van der Waals surface area (Å²) >= 11 is 0. The molecule has 3 nitrogen and oxygen atoms in total. The van der Waals surface area contributed by atoms with E-state index in [0.717, 1.165) is 37.1 Å². The number of amides is 1. The maximum atomic E-state index is 12.7. The molecule has 1 saturated carbocycles. The van der Waals surface area contributed by atoms with Gasteiger partial charge in [0, 0.05) is 18.7 Å². The van der Waals surface area contributed by atoms with Gasteiger partial charge in [0.2, 0.25) is 0 Å². The highest BCUT2D eigenvalue weighted by molar-refractivity contribution is 5.96. The molecular formula is C17H23NO2. The fraction of sp³-hybridized carbons (Fsp3) is 0.588. The Morgan fingerprint density at radius 3 is 2.75 bits per heavy atom. The van der Waals surface area contributed by atoms with Gasteiger partial charge >= 0.3 is 0 Å². The molecule has 0 atom stereocenters. The average molecular weight is 273 g/mol. The first-order chi connectivity index (χ1) is 9.74. The van der Waals surface area contributed by atoms with Crippen molar-refractivity contribution in [2.24, 2.45) is 5.92 Å². The Bertz CT molecular complexity index is 492. The molecule has 2 aliphatic rings. The molecule has 108 valence electrons. The third-order valence-corrected chi connectivity index (χ3v) is 4.68. The lowest BCUT2D eigenvalue weighted by atomic mass is 9.89. The molecule has 1 aliphatic carbocycles. The van der Waals surface area contributed by atoms with Crippen molar-refractivity contribution in [2.45, 2.75) is 44.9 Å². The zero-order valence-electron chi connectivity index (χ0n) is 12.0. The summed E-state index contributed by atoms with van der Waals surface area (Å²) in [6, 6.07) is 5.16. The number of benzene rings is 1. The molecule has 0 bridgehead atoms. The van der Waals surface area contributed by atoms with Gasteiger partial charge in [0.1, 0.15) is 5.75 Å². The fourth-order valence-electron chi connectivity index (χ4n) is 3.58. The minimum absolute atomic E-state index is 0.156. The molecule has 0 spiro atoms. The molecule has 3 rings (SSSR count). The Morgan fingerprint density at radius 2 is 1.95 bits per heavy atom. The number of nitrogens with zero attached hydrogens (tertiary/aromatic N) is 1. The number of aromatic hydroxyl groups is 1. The second kappa shape index (κ2) is 5.86. The summed E-state index contributed by atoms with van der Waals surface area (Å²) in [5.74, 6) is 1.10. The van der Waals surface area contributed by atoms with E-state index >= 15 is 0 Å². The van der Waals surface area contributed by atoms with Crippen LogP contribution in [0.3, 0.4) is 0 Å². The molecule has 1 fully saturated rings. The van der Waals surface area contributed by atoms with Crippen LogP contribution in [0.5, 0.6) is 5.75 Å². The molecule has 1 amide bonds. The Balaban J connectivity index is 1.76. The lowest BCUT2D eigenvalue weighted by Crippen LogP contribution is -2.36. The van der Waals surface area contributed by atoms with Crippen LogP contribution < -0.4 is 0 Å². The summed E-state index contributed by atoms with van der Waals surface area (Å²) in [5.41, 5.74) is 1.79. The third kappa shape index (κ3) is 2.82. The van der Waals surface area contributed by atoms with E-state index < -0.39 is 0 Å². The molecule has 0 aromatic heterocycles. The van der Waals surface area contributed by atoms with Crippen molar-refractivity contribution in [1.82, 2.24) is 4.90 Å². The molecule has 0 radical (unpaired) electrons. The van der Waals surface area contributed by atoms with Gasteiger partial charge < -0.3 is 10.0 Å². The Hall–Kier alpha value is -1.51. The summed E-state index contributed by atoms with van der Waals surface area (Å²) in [6.45, 7) is 1.77. The number of phenolic OH excluding ortho intramolecular Hbond substituents is 1. The van der Waals surface area contributed by atoms with Crippen LogP contribution in [0.2, 0.25) is 0 Å².